The highest BCUT2D eigenvalue weighted by atomic mass is 32.2. The normalized spacial score (nSPS) is 16.6. The molecule has 0 amide bonds. The largest absolute Gasteiger partial charge is 0.370 e. The van der Waals surface area contributed by atoms with E-state index in [-0.39, 0.29) is 5.82 Å². The maximum absolute atomic E-state index is 13.3. The van der Waals surface area contributed by atoms with E-state index in [0.29, 0.717) is 18.5 Å². The SMILES string of the molecule is CSCc1cc(F)ccc1CN=C(N)NC1CCCC1. The lowest BCUT2D eigenvalue weighted by molar-refractivity contribution is 0.623. The van der Waals surface area contributed by atoms with Gasteiger partial charge in [-0.15, -0.1) is 0 Å². The van der Waals surface area contributed by atoms with Crippen molar-refractivity contribution in [3.8, 4) is 0 Å². The summed E-state index contributed by atoms with van der Waals surface area (Å²) in [6.07, 6.45) is 6.88. The van der Waals surface area contributed by atoms with E-state index in [0.717, 1.165) is 16.9 Å². The molecule has 3 N–H and O–H groups in total. The van der Waals surface area contributed by atoms with Gasteiger partial charge in [-0.3, -0.25) is 0 Å². The highest BCUT2D eigenvalue weighted by molar-refractivity contribution is 7.97. The number of aliphatic imine (C=N–C) groups is 1. The van der Waals surface area contributed by atoms with E-state index in [1.165, 1.54) is 31.7 Å². The van der Waals surface area contributed by atoms with Crippen LogP contribution in [0, 0.1) is 5.82 Å². The molecular weight excluding hydrogens is 273 g/mol. The third-order valence-corrected chi connectivity index (χ3v) is 4.19. The van der Waals surface area contributed by atoms with Crippen LogP contribution in [0.25, 0.3) is 0 Å². The van der Waals surface area contributed by atoms with Crippen molar-refractivity contribution in [3.05, 3.63) is 35.1 Å². The van der Waals surface area contributed by atoms with Gasteiger partial charge in [-0.1, -0.05) is 18.9 Å². The fraction of sp³-hybridized carbons (Fsp3) is 0.533. The van der Waals surface area contributed by atoms with Gasteiger partial charge in [0.25, 0.3) is 0 Å². The zero-order valence-corrected chi connectivity index (χ0v) is 12.7. The second-order valence-electron chi connectivity index (χ2n) is 5.17. The minimum absolute atomic E-state index is 0.196. The highest BCUT2D eigenvalue weighted by Crippen LogP contribution is 2.18. The smallest absolute Gasteiger partial charge is 0.189 e. The molecule has 0 heterocycles. The predicted molar refractivity (Wildman–Crippen MR) is 84.3 cm³/mol. The van der Waals surface area contributed by atoms with Gasteiger partial charge < -0.3 is 11.1 Å². The van der Waals surface area contributed by atoms with Crippen LogP contribution in [0.3, 0.4) is 0 Å². The Bertz CT molecular complexity index is 470. The molecule has 1 aliphatic carbocycles. The number of halogens is 1. The molecule has 1 saturated carbocycles. The number of nitrogens with two attached hydrogens (primary N) is 1. The van der Waals surface area contributed by atoms with E-state index in [9.17, 15) is 4.39 Å². The molecule has 1 fully saturated rings. The average Bonchev–Trinajstić information content (AvgIpc) is 2.91. The van der Waals surface area contributed by atoms with E-state index >= 15 is 0 Å². The van der Waals surface area contributed by atoms with Crippen molar-refractivity contribution < 1.29 is 4.39 Å². The monoisotopic (exact) mass is 295 g/mol. The maximum atomic E-state index is 13.3. The molecule has 0 saturated heterocycles. The topological polar surface area (TPSA) is 50.4 Å². The summed E-state index contributed by atoms with van der Waals surface area (Å²) in [5.74, 6) is 1.09. The fourth-order valence-corrected chi connectivity index (χ4v) is 3.11. The molecular formula is C15H22FN3S. The summed E-state index contributed by atoms with van der Waals surface area (Å²) in [4.78, 5) is 4.38. The number of nitrogens with zero attached hydrogens (tertiary/aromatic N) is 1. The predicted octanol–water partition coefficient (Wildman–Crippen LogP) is 3.04. The first-order chi connectivity index (χ1) is 9.69. The number of hydrogen-bond acceptors (Lipinski definition) is 2. The van der Waals surface area contributed by atoms with Crippen LogP contribution in [0.4, 0.5) is 4.39 Å². The first kappa shape index (κ1) is 15.2. The van der Waals surface area contributed by atoms with Gasteiger partial charge in [0, 0.05) is 11.8 Å². The number of nitrogens with one attached hydrogen (secondary N) is 1. The Kier molecular flexibility index (Phi) is 5.71. The number of benzene rings is 1. The van der Waals surface area contributed by atoms with Crippen molar-refractivity contribution >= 4 is 17.7 Å². The maximum Gasteiger partial charge on any atom is 0.189 e. The van der Waals surface area contributed by atoms with Crippen LogP contribution in [0.1, 0.15) is 36.8 Å². The third-order valence-electron chi connectivity index (χ3n) is 3.60. The van der Waals surface area contributed by atoms with Crippen molar-refractivity contribution in [2.75, 3.05) is 6.26 Å². The quantitative estimate of drug-likeness (QED) is 0.648. The van der Waals surface area contributed by atoms with Crippen LogP contribution in [0.15, 0.2) is 23.2 Å². The molecule has 2 rings (SSSR count). The summed E-state index contributed by atoms with van der Waals surface area (Å²) in [7, 11) is 0. The van der Waals surface area contributed by atoms with Crippen LogP contribution in [-0.2, 0) is 12.3 Å². The summed E-state index contributed by atoms with van der Waals surface area (Å²) in [5, 5.41) is 3.26. The molecule has 20 heavy (non-hydrogen) atoms. The standard InChI is InChI=1S/C15H22FN3S/c1-20-10-12-8-13(16)7-6-11(12)9-18-15(17)19-14-4-2-3-5-14/h6-8,14H,2-5,9-10H2,1H3,(H3,17,18,19). The molecule has 1 aromatic carbocycles. The Morgan fingerprint density at radius 1 is 1.40 bits per heavy atom. The molecule has 0 aromatic heterocycles. The molecule has 1 aromatic rings. The minimum atomic E-state index is -0.196. The molecule has 0 radical (unpaired) electrons. The summed E-state index contributed by atoms with van der Waals surface area (Å²) in [5.41, 5.74) is 7.95. The first-order valence-corrected chi connectivity index (χ1v) is 8.41. The van der Waals surface area contributed by atoms with E-state index in [2.05, 4.69) is 10.3 Å². The summed E-state index contributed by atoms with van der Waals surface area (Å²) in [6.45, 7) is 0.502. The van der Waals surface area contributed by atoms with Gasteiger partial charge in [-0.2, -0.15) is 11.8 Å². The lowest BCUT2D eigenvalue weighted by atomic mass is 10.1. The van der Waals surface area contributed by atoms with E-state index in [4.69, 9.17) is 5.73 Å². The van der Waals surface area contributed by atoms with E-state index in [1.54, 1.807) is 23.9 Å². The molecule has 0 unspecified atom stereocenters. The molecule has 0 aliphatic heterocycles. The number of guanidine groups is 1. The second-order valence-corrected chi connectivity index (χ2v) is 6.04. The molecule has 110 valence electrons. The van der Waals surface area contributed by atoms with Crippen molar-refractivity contribution in [2.24, 2.45) is 10.7 Å². The van der Waals surface area contributed by atoms with Crippen LogP contribution in [-0.4, -0.2) is 18.3 Å². The zero-order valence-electron chi connectivity index (χ0n) is 11.9. The van der Waals surface area contributed by atoms with Crippen LogP contribution in [0.2, 0.25) is 0 Å². The Morgan fingerprint density at radius 3 is 2.85 bits per heavy atom. The fourth-order valence-electron chi connectivity index (χ4n) is 2.53. The van der Waals surface area contributed by atoms with Gasteiger partial charge in [0.2, 0.25) is 0 Å². The summed E-state index contributed by atoms with van der Waals surface area (Å²) < 4.78 is 13.3. The number of hydrogen-bond donors (Lipinski definition) is 2. The molecule has 0 spiro atoms. The average molecular weight is 295 g/mol. The van der Waals surface area contributed by atoms with Crippen molar-refractivity contribution in [1.82, 2.24) is 5.32 Å². The minimum Gasteiger partial charge on any atom is -0.370 e. The summed E-state index contributed by atoms with van der Waals surface area (Å²) >= 11 is 1.68. The van der Waals surface area contributed by atoms with Crippen molar-refractivity contribution in [3.63, 3.8) is 0 Å². The Morgan fingerprint density at radius 2 is 2.15 bits per heavy atom. The molecule has 0 atom stereocenters. The Labute approximate surface area is 124 Å². The lowest BCUT2D eigenvalue weighted by Gasteiger charge is -2.13. The lowest BCUT2D eigenvalue weighted by Crippen LogP contribution is -2.38. The third kappa shape index (κ3) is 4.40. The van der Waals surface area contributed by atoms with E-state index in [1.807, 2.05) is 6.26 Å². The van der Waals surface area contributed by atoms with E-state index < -0.39 is 0 Å². The second kappa shape index (κ2) is 7.53. The van der Waals surface area contributed by atoms with Gasteiger partial charge in [0.1, 0.15) is 5.82 Å². The first-order valence-electron chi connectivity index (χ1n) is 7.01. The van der Waals surface area contributed by atoms with Gasteiger partial charge >= 0.3 is 0 Å². The molecule has 5 heteroatoms. The van der Waals surface area contributed by atoms with Crippen LogP contribution < -0.4 is 11.1 Å². The van der Waals surface area contributed by atoms with Crippen LogP contribution >= 0.6 is 11.8 Å². The van der Waals surface area contributed by atoms with Gasteiger partial charge in [0.05, 0.1) is 6.54 Å². The van der Waals surface area contributed by atoms with Crippen LogP contribution in [0.5, 0.6) is 0 Å². The van der Waals surface area contributed by atoms with Crippen molar-refractivity contribution in [1.29, 1.82) is 0 Å². The molecule has 1 aliphatic rings. The van der Waals surface area contributed by atoms with Gasteiger partial charge in [-0.25, -0.2) is 9.38 Å². The van der Waals surface area contributed by atoms with Gasteiger partial charge in [0.15, 0.2) is 5.96 Å². The zero-order chi connectivity index (χ0) is 14.4. The number of thioether (sulfide) groups is 1. The Balaban J connectivity index is 1.97. The van der Waals surface area contributed by atoms with Crippen molar-refractivity contribution in [2.45, 2.75) is 44.0 Å². The van der Waals surface area contributed by atoms with Gasteiger partial charge in [-0.05, 0) is 42.4 Å². The Hall–Kier alpha value is -1.23. The molecule has 0 bridgehead atoms. The molecule has 3 nitrogen and oxygen atoms in total. The summed E-state index contributed by atoms with van der Waals surface area (Å²) in [6, 6.07) is 5.34. The highest BCUT2D eigenvalue weighted by Gasteiger charge is 2.14. The number of rotatable bonds is 5.